The molecule has 7 heteroatoms. The van der Waals surface area contributed by atoms with Gasteiger partial charge >= 0.3 is 0 Å². The van der Waals surface area contributed by atoms with Crippen LogP contribution in [0.5, 0.6) is 0 Å². The number of aromatic nitrogens is 3. The van der Waals surface area contributed by atoms with E-state index in [4.69, 9.17) is 0 Å². The molecule has 6 nitrogen and oxygen atoms in total. The molecule has 2 aromatic rings. The van der Waals surface area contributed by atoms with Gasteiger partial charge in [-0.25, -0.2) is 13.1 Å². The molecular weight excluding hydrogens is 264 g/mol. The van der Waals surface area contributed by atoms with Crippen LogP contribution in [-0.4, -0.2) is 23.2 Å². The van der Waals surface area contributed by atoms with Gasteiger partial charge < -0.3 is 0 Å². The van der Waals surface area contributed by atoms with Gasteiger partial charge in [0, 0.05) is 12.7 Å². The molecule has 2 aromatic heterocycles. The van der Waals surface area contributed by atoms with Crippen LogP contribution in [0.15, 0.2) is 35.5 Å². The first-order valence-corrected chi connectivity index (χ1v) is 7.45. The molecule has 0 fully saturated rings. The molecule has 0 saturated heterocycles. The number of hydrogen-bond acceptors (Lipinski definition) is 4. The summed E-state index contributed by atoms with van der Waals surface area (Å²) in [6.45, 7) is 4.46. The van der Waals surface area contributed by atoms with Crippen molar-refractivity contribution < 1.29 is 8.42 Å². The van der Waals surface area contributed by atoms with Crippen molar-refractivity contribution in [1.29, 1.82) is 0 Å². The van der Waals surface area contributed by atoms with Crippen molar-refractivity contribution in [2.24, 2.45) is 0 Å². The van der Waals surface area contributed by atoms with Crippen LogP contribution in [0.3, 0.4) is 0 Å². The molecule has 0 aliphatic carbocycles. The van der Waals surface area contributed by atoms with Crippen molar-refractivity contribution in [3.05, 3.63) is 42.0 Å². The lowest BCUT2D eigenvalue weighted by Crippen LogP contribution is -2.24. The fraction of sp³-hybridized carbons (Fsp3) is 0.333. The minimum atomic E-state index is -3.55. The van der Waals surface area contributed by atoms with E-state index in [-0.39, 0.29) is 11.4 Å². The van der Waals surface area contributed by atoms with Gasteiger partial charge in [-0.3, -0.25) is 9.67 Å². The maximum Gasteiger partial charge on any atom is 0.244 e. The highest BCUT2D eigenvalue weighted by atomic mass is 32.2. The Hall–Kier alpha value is -1.73. The second-order valence-electron chi connectivity index (χ2n) is 4.06. The molecule has 2 rings (SSSR count). The summed E-state index contributed by atoms with van der Waals surface area (Å²) in [4.78, 5) is 4.28. The second kappa shape index (κ2) is 5.50. The SMILES string of the molecule is CCn1ncc(S(=O)(=O)NCc2ccccn2)c1C. The van der Waals surface area contributed by atoms with Gasteiger partial charge in [0.2, 0.25) is 10.0 Å². The number of rotatable bonds is 5. The number of hydrogen-bond donors (Lipinski definition) is 1. The van der Waals surface area contributed by atoms with Gasteiger partial charge in [-0.05, 0) is 26.0 Å². The van der Waals surface area contributed by atoms with E-state index in [1.165, 1.54) is 6.20 Å². The first-order chi connectivity index (χ1) is 9.04. The van der Waals surface area contributed by atoms with Crippen molar-refractivity contribution in [2.75, 3.05) is 0 Å². The largest absolute Gasteiger partial charge is 0.269 e. The lowest BCUT2D eigenvalue weighted by Gasteiger charge is -2.06. The first kappa shape index (κ1) is 13.7. The molecule has 0 unspecified atom stereocenters. The Bertz CT molecular complexity index is 650. The Kier molecular flexibility index (Phi) is 3.96. The number of sulfonamides is 1. The number of aryl methyl sites for hydroxylation is 1. The summed E-state index contributed by atoms with van der Waals surface area (Å²) in [6.07, 6.45) is 3.00. The van der Waals surface area contributed by atoms with Gasteiger partial charge in [-0.15, -0.1) is 0 Å². The van der Waals surface area contributed by atoms with Gasteiger partial charge in [0.05, 0.1) is 24.1 Å². The molecular formula is C12H16N4O2S. The van der Waals surface area contributed by atoms with Crippen LogP contribution in [0, 0.1) is 6.92 Å². The molecule has 0 radical (unpaired) electrons. The van der Waals surface area contributed by atoms with Crippen molar-refractivity contribution in [1.82, 2.24) is 19.5 Å². The summed E-state index contributed by atoms with van der Waals surface area (Å²) in [5, 5.41) is 4.04. The summed E-state index contributed by atoms with van der Waals surface area (Å²) in [6, 6.07) is 5.37. The van der Waals surface area contributed by atoms with E-state index in [1.54, 1.807) is 29.9 Å². The Morgan fingerprint density at radius 2 is 2.16 bits per heavy atom. The maximum absolute atomic E-state index is 12.2. The molecule has 0 aliphatic heterocycles. The van der Waals surface area contributed by atoms with Crippen molar-refractivity contribution >= 4 is 10.0 Å². The van der Waals surface area contributed by atoms with Crippen LogP contribution in [0.2, 0.25) is 0 Å². The maximum atomic E-state index is 12.2. The number of nitrogens with one attached hydrogen (secondary N) is 1. The summed E-state index contributed by atoms with van der Waals surface area (Å²) in [5.41, 5.74) is 1.31. The quantitative estimate of drug-likeness (QED) is 0.889. The van der Waals surface area contributed by atoms with Crippen molar-refractivity contribution in [2.45, 2.75) is 31.8 Å². The van der Waals surface area contributed by atoms with E-state index in [0.717, 1.165) is 0 Å². The lowest BCUT2D eigenvalue weighted by atomic mass is 10.4. The summed E-state index contributed by atoms with van der Waals surface area (Å²) in [7, 11) is -3.55. The zero-order valence-corrected chi connectivity index (χ0v) is 11.7. The predicted octanol–water partition coefficient (Wildman–Crippen LogP) is 1.08. The van der Waals surface area contributed by atoms with Crippen LogP contribution in [0.25, 0.3) is 0 Å². The lowest BCUT2D eigenvalue weighted by molar-refractivity contribution is 0.578. The third-order valence-corrected chi connectivity index (χ3v) is 4.32. The molecule has 2 heterocycles. The van der Waals surface area contributed by atoms with E-state index in [1.807, 2.05) is 13.0 Å². The smallest absolute Gasteiger partial charge is 0.244 e. The molecule has 0 atom stereocenters. The number of nitrogens with zero attached hydrogens (tertiary/aromatic N) is 3. The van der Waals surface area contributed by atoms with Crippen molar-refractivity contribution in [3.63, 3.8) is 0 Å². The highest BCUT2D eigenvalue weighted by Crippen LogP contribution is 2.14. The van der Waals surface area contributed by atoms with Crippen LogP contribution in [0.4, 0.5) is 0 Å². The average molecular weight is 280 g/mol. The van der Waals surface area contributed by atoms with Gasteiger partial charge in [-0.2, -0.15) is 5.10 Å². The van der Waals surface area contributed by atoms with Gasteiger partial charge in [0.1, 0.15) is 4.90 Å². The zero-order chi connectivity index (χ0) is 13.9. The fourth-order valence-electron chi connectivity index (χ4n) is 1.76. The van der Waals surface area contributed by atoms with Crippen LogP contribution in [-0.2, 0) is 23.1 Å². The van der Waals surface area contributed by atoms with E-state index in [2.05, 4.69) is 14.8 Å². The second-order valence-corrected chi connectivity index (χ2v) is 5.79. The Morgan fingerprint density at radius 1 is 1.37 bits per heavy atom. The Labute approximate surface area is 112 Å². The molecule has 0 bridgehead atoms. The summed E-state index contributed by atoms with van der Waals surface area (Å²) in [5.74, 6) is 0. The standard InChI is InChI=1S/C12H16N4O2S/c1-3-16-10(2)12(9-14-16)19(17,18)15-8-11-6-4-5-7-13-11/h4-7,9,15H,3,8H2,1-2H3. The van der Waals surface area contributed by atoms with Crippen LogP contribution in [0.1, 0.15) is 18.3 Å². The third kappa shape index (κ3) is 2.99. The van der Waals surface area contributed by atoms with Gasteiger partial charge in [0.15, 0.2) is 0 Å². The first-order valence-electron chi connectivity index (χ1n) is 5.96. The van der Waals surface area contributed by atoms with Gasteiger partial charge in [-0.1, -0.05) is 6.07 Å². The monoisotopic (exact) mass is 280 g/mol. The number of pyridine rings is 1. The predicted molar refractivity (Wildman–Crippen MR) is 70.9 cm³/mol. The highest BCUT2D eigenvalue weighted by Gasteiger charge is 2.20. The molecule has 0 amide bonds. The Balaban J connectivity index is 2.16. The minimum absolute atomic E-state index is 0.167. The molecule has 0 aliphatic rings. The van der Waals surface area contributed by atoms with E-state index >= 15 is 0 Å². The average Bonchev–Trinajstić information content (AvgIpc) is 2.79. The van der Waals surface area contributed by atoms with E-state index in [0.29, 0.717) is 17.9 Å². The fourth-order valence-corrected chi connectivity index (χ4v) is 2.94. The molecule has 19 heavy (non-hydrogen) atoms. The topological polar surface area (TPSA) is 76.9 Å². The minimum Gasteiger partial charge on any atom is -0.269 e. The Morgan fingerprint density at radius 3 is 2.74 bits per heavy atom. The van der Waals surface area contributed by atoms with E-state index in [9.17, 15) is 8.42 Å². The van der Waals surface area contributed by atoms with E-state index < -0.39 is 10.0 Å². The molecule has 0 saturated carbocycles. The summed E-state index contributed by atoms with van der Waals surface area (Å²) >= 11 is 0. The van der Waals surface area contributed by atoms with Crippen LogP contribution >= 0.6 is 0 Å². The molecule has 0 aromatic carbocycles. The normalized spacial score (nSPS) is 11.7. The van der Waals surface area contributed by atoms with Crippen LogP contribution < -0.4 is 4.72 Å². The molecule has 1 N–H and O–H groups in total. The molecule has 0 spiro atoms. The van der Waals surface area contributed by atoms with Crippen molar-refractivity contribution in [3.8, 4) is 0 Å². The zero-order valence-electron chi connectivity index (χ0n) is 10.9. The summed E-state index contributed by atoms with van der Waals surface area (Å²) < 4.78 is 28.5. The molecule has 102 valence electrons. The highest BCUT2D eigenvalue weighted by molar-refractivity contribution is 7.89. The third-order valence-electron chi connectivity index (χ3n) is 2.82. The van der Waals surface area contributed by atoms with Gasteiger partial charge in [0.25, 0.3) is 0 Å².